The van der Waals surface area contributed by atoms with Crippen LogP contribution in [-0.2, 0) is 4.74 Å². The summed E-state index contributed by atoms with van der Waals surface area (Å²) in [5, 5.41) is 4.03. The van der Waals surface area contributed by atoms with Crippen molar-refractivity contribution in [2.24, 2.45) is 0 Å². The molecule has 0 bridgehead atoms. The molecule has 4 aromatic rings. The molecule has 1 aromatic heterocycles. The lowest BCUT2D eigenvalue weighted by atomic mass is 10.2. The molecule has 4 rings (SSSR count). The van der Waals surface area contributed by atoms with Gasteiger partial charge in [0, 0.05) is 23.2 Å². The van der Waals surface area contributed by atoms with Gasteiger partial charge in [0.15, 0.2) is 12.5 Å². The van der Waals surface area contributed by atoms with E-state index in [0.717, 1.165) is 11.4 Å². The van der Waals surface area contributed by atoms with Gasteiger partial charge in [0.25, 0.3) is 0 Å². The van der Waals surface area contributed by atoms with Crippen LogP contribution in [0.5, 0.6) is 5.75 Å². The monoisotopic (exact) mass is 447 g/mol. The van der Waals surface area contributed by atoms with Crippen molar-refractivity contribution in [2.75, 3.05) is 13.9 Å². The van der Waals surface area contributed by atoms with Crippen LogP contribution in [0.4, 0.5) is 0 Å². The summed E-state index contributed by atoms with van der Waals surface area (Å²) in [6.45, 7) is 14.3. The maximum absolute atomic E-state index is 6.38. The molecule has 32 heavy (non-hydrogen) atoms. The maximum atomic E-state index is 6.38. The molecule has 0 amide bonds. The summed E-state index contributed by atoms with van der Waals surface area (Å²) in [6.07, 6.45) is 0. The van der Waals surface area contributed by atoms with Gasteiger partial charge in [0.1, 0.15) is 0 Å². The lowest BCUT2D eigenvalue weighted by molar-refractivity contribution is 0.0518. The molecule has 4 heteroatoms. The number of nitrogens with zero attached hydrogens (tertiary/aromatic N) is 1. The van der Waals surface area contributed by atoms with E-state index in [1.54, 1.807) is 7.11 Å². The van der Waals surface area contributed by atoms with Crippen LogP contribution in [0.1, 0.15) is 41.5 Å². The number of benzene rings is 3. The molecule has 0 aliphatic heterocycles. The van der Waals surface area contributed by atoms with Crippen molar-refractivity contribution in [1.82, 2.24) is 4.57 Å². The van der Waals surface area contributed by atoms with Gasteiger partial charge in [-0.1, -0.05) is 98.0 Å². The fourth-order valence-electron chi connectivity index (χ4n) is 5.04. The van der Waals surface area contributed by atoms with E-state index in [2.05, 4.69) is 113 Å². The van der Waals surface area contributed by atoms with Crippen LogP contribution in [0.2, 0.25) is 0 Å². The Morgan fingerprint density at radius 3 is 1.75 bits per heavy atom. The fraction of sp³-hybridized carbons (Fsp3) is 0.357. The lowest BCUT2D eigenvalue weighted by Crippen LogP contribution is -2.32. The zero-order valence-electron chi connectivity index (χ0n) is 20.3. The number of fused-ring (bicyclic) bond motifs is 3. The Morgan fingerprint density at radius 2 is 1.25 bits per heavy atom. The minimum atomic E-state index is -0.548. The second-order valence-electron chi connectivity index (χ2n) is 10.2. The van der Waals surface area contributed by atoms with Crippen LogP contribution >= 0.6 is 7.92 Å². The fourth-order valence-corrected chi connectivity index (χ4v) is 9.12. The van der Waals surface area contributed by atoms with E-state index in [9.17, 15) is 0 Å². The molecule has 0 N–H and O–H groups in total. The molecule has 0 fully saturated rings. The molecule has 0 saturated heterocycles. The molecule has 0 unspecified atom stereocenters. The predicted molar refractivity (Wildman–Crippen MR) is 139 cm³/mol. The van der Waals surface area contributed by atoms with Gasteiger partial charge in [-0.05, 0) is 28.5 Å². The smallest absolute Gasteiger partial charge is 0.188 e. The Morgan fingerprint density at radius 1 is 0.719 bits per heavy atom. The largest absolute Gasteiger partial charge is 0.465 e. The third-order valence-corrected chi connectivity index (χ3v) is 9.22. The first-order valence-electron chi connectivity index (χ1n) is 11.2. The molecule has 3 nitrogen and oxygen atoms in total. The minimum absolute atomic E-state index is 0.123. The summed E-state index contributed by atoms with van der Waals surface area (Å²) in [4.78, 5) is 0. The van der Waals surface area contributed by atoms with Gasteiger partial charge in [-0.3, -0.25) is 0 Å². The third-order valence-electron chi connectivity index (χ3n) is 5.70. The quantitative estimate of drug-likeness (QED) is 0.234. The third kappa shape index (κ3) is 4.05. The first kappa shape index (κ1) is 22.8. The van der Waals surface area contributed by atoms with Gasteiger partial charge in [-0.15, -0.1) is 0 Å². The Kier molecular flexibility index (Phi) is 6.09. The zero-order chi connectivity index (χ0) is 23.1. The van der Waals surface area contributed by atoms with E-state index in [4.69, 9.17) is 9.47 Å². The second kappa shape index (κ2) is 8.54. The van der Waals surface area contributed by atoms with Crippen molar-refractivity contribution < 1.29 is 9.47 Å². The van der Waals surface area contributed by atoms with Crippen molar-refractivity contribution in [1.29, 1.82) is 0 Å². The molecular weight excluding hydrogens is 413 g/mol. The van der Waals surface area contributed by atoms with Crippen LogP contribution in [0.3, 0.4) is 0 Å². The Hall–Kier alpha value is -2.35. The average Bonchev–Trinajstić information content (AvgIpc) is 3.05. The molecule has 0 aliphatic rings. The number of ether oxygens (including phenoxy) is 2. The van der Waals surface area contributed by atoms with Crippen molar-refractivity contribution >= 4 is 35.0 Å². The molecule has 0 atom stereocenters. The molecule has 168 valence electrons. The second-order valence-corrected chi connectivity index (χ2v) is 14.1. The van der Waals surface area contributed by atoms with Crippen LogP contribution < -0.4 is 10.0 Å². The predicted octanol–water partition coefficient (Wildman–Crippen LogP) is 7.47. The van der Waals surface area contributed by atoms with Gasteiger partial charge in [0.2, 0.25) is 0 Å². The van der Waals surface area contributed by atoms with E-state index in [1.165, 1.54) is 27.1 Å². The maximum Gasteiger partial charge on any atom is 0.188 e. The van der Waals surface area contributed by atoms with E-state index >= 15 is 0 Å². The van der Waals surface area contributed by atoms with E-state index < -0.39 is 7.92 Å². The summed E-state index contributed by atoms with van der Waals surface area (Å²) >= 11 is 0. The lowest BCUT2D eigenvalue weighted by Gasteiger charge is -2.42. The van der Waals surface area contributed by atoms with Crippen LogP contribution in [0.15, 0.2) is 66.7 Å². The highest BCUT2D eigenvalue weighted by atomic mass is 31.1. The van der Waals surface area contributed by atoms with E-state index in [0.29, 0.717) is 0 Å². The summed E-state index contributed by atoms with van der Waals surface area (Å²) in [7, 11) is 1.13. The van der Waals surface area contributed by atoms with Gasteiger partial charge >= 0.3 is 0 Å². The van der Waals surface area contributed by atoms with Gasteiger partial charge < -0.3 is 14.0 Å². The van der Waals surface area contributed by atoms with Gasteiger partial charge in [0.05, 0.1) is 16.7 Å². The highest BCUT2D eigenvalue weighted by Gasteiger charge is 2.38. The topological polar surface area (TPSA) is 23.4 Å². The van der Waals surface area contributed by atoms with Crippen molar-refractivity contribution in [3.05, 3.63) is 66.7 Å². The van der Waals surface area contributed by atoms with Gasteiger partial charge in [-0.25, -0.2) is 0 Å². The molecule has 1 heterocycles. The Labute approximate surface area is 193 Å². The molecular formula is C28H34NO2P. The highest BCUT2D eigenvalue weighted by Crippen LogP contribution is 2.60. The first-order chi connectivity index (χ1) is 15.1. The number of rotatable bonds is 5. The molecule has 3 aromatic carbocycles. The van der Waals surface area contributed by atoms with Crippen molar-refractivity contribution in [2.45, 2.75) is 51.9 Å². The number of hydrogen-bond donors (Lipinski definition) is 0. The number of hydrogen-bond acceptors (Lipinski definition) is 2. The molecule has 0 saturated carbocycles. The number of aromatic nitrogens is 1. The average molecular weight is 448 g/mol. The summed E-state index contributed by atoms with van der Waals surface area (Å²) in [5.74, 6) is 0.928. The molecule has 0 aliphatic carbocycles. The highest BCUT2D eigenvalue weighted by molar-refractivity contribution is 7.68. The number of methoxy groups -OCH3 is 1. The van der Waals surface area contributed by atoms with Crippen LogP contribution in [0, 0.1) is 0 Å². The standard InChI is InChI=1S/C28H34NO2P/c1-27(2,3)32(28(4,5)6)25-18-12-17-24(26(25)31-19-30-7)29-22-15-10-8-13-20(22)21-14-9-11-16-23(21)29/h8-18H,19H2,1-7H3. The summed E-state index contributed by atoms with van der Waals surface area (Å²) in [5.41, 5.74) is 3.44. The SMILES string of the molecule is COCOc1c(-n2c3ccccc3c3ccccc32)cccc1P(C(C)(C)C)C(C)(C)C. The van der Waals surface area contributed by atoms with Crippen LogP contribution in [0.25, 0.3) is 27.5 Å². The zero-order valence-corrected chi connectivity index (χ0v) is 21.2. The minimum Gasteiger partial charge on any atom is -0.465 e. The van der Waals surface area contributed by atoms with Crippen LogP contribution in [-0.4, -0.2) is 28.8 Å². The normalized spacial score (nSPS) is 12.8. The Bertz CT molecular complexity index is 1180. The number of para-hydroxylation sites is 3. The van der Waals surface area contributed by atoms with Gasteiger partial charge in [-0.2, -0.15) is 0 Å². The molecule has 0 radical (unpaired) electrons. The van der Waals surface area contributed by atoms with Crippen molar-refractivity contribution in [3.8, 4) is 11.4 Å². The molecule has 0 spiro atoms. The van der Waals surface area contributed by atoms with Crippen molar-refractivity contribution in [3.63, 3.8) is 0 Å². The van der Waals surface area contributed by atoms with E-state index in [-0.39, 0.29) is 17.1 Å². The summed E-state index contributed by atoms with van der Waals surface area (Å²) in [6, 6.07) is 23.8. The summed E-state index contributed by atoms with van der Waals surface area (Å²) < 4.78 is 14.1. The first-order valence-corrected chi connectivity index (χ1v) is 12.5. The van der Waals surface area contributed by atoms with E-state index in [1.807, 2.05) is 0 Å². The Balaban J connectivity index is 2.08.